The Balaban J connectivity index is 1.77. The van der Waals surface area contributed by atoms with Gasteiger partial charge < -0.3 is 0 Å². The first-order valence-electron chi connectivity index (χ1n) is 10.5. The molecular formula is C26H23N5. The zero-order chi connectivity index (χ0) is 21.2. The first-order valence-corrected chi connectivity index (χ1v) is 10.5. The van der Waals surface area contributed by atoms with Crippen LogP contribution in [0.25, 0.3) is 33.9 Å². The van der Waals surface area contributed by atoms with Crippen molar-refractivity contribution in [1.82, 2.24) is 19.6 Å². The summed E-state index contributed by atoms with van der Waals surface area (Å²) in [6.45, 7) is 4.19. The van der Waals surface area contributed by atoms with Crippen LogP contribution in [0.5, 0.6) is 0 Å². The number of rotatable bonds is 5. The number of aryl methyl sites for hydroxylation is 2. The molecule has 0 spiro atoms. The van der Waals surface area contributed by atoms with Gasteiger partial charge in [-0.15, -0.1) is 0 Å². The molecule has 0 aliphatic rings. The van der Waals surface area contributed by atoms with Crippen molar-refractivity contribution in [3.05, 3.63) is 96.2 Å². The molecule has 5 nitrogen and oxygen atoms in total. The van der Waals surface area contributed by atoms with E-state index in [9.17, 15) is 0 Å². The number of hydrogen-bond donors (Lipinski definition) is 1. The summed E-state index contributed by atoms with van der Waals surface area (Å²) in [5.74, 6) is 1.52. The third-order valence-corrected chi connectivity index (χ3v) is 5.27. The van der Waals surface area contributed by atoms with Gasteiger partial charge in [0, 0.05) is 11.1 Å². The number of imidazole rings is 1. The summed E-state index contributed by atoms with van der Waals surface area (Å²) < 4.78 is 1.97. The lowest BCUT2D eigenvalue weighted by Gasteiger charge is -2.12. The molecule has 0 aliphatic carbocycles. The van der Waals surface area contributed by atoms with Crippen molar-refractivity contribution >= 4 is 16.9 Å². The summed E-state index contributed by atoms with van der Waals surface area (Å²) in [4.78, 5) is 14.8. The molecule has 2 heterocycles. The van der Waals surface area contributed by atoms with Crippen molar-refractivity contribution in [2.45, 2.75) is 20.3 Å². The van der Waals surface area contributed by atoms with Crippen molar-refractivity contribution in [3.8, 4) is 22.8 Å². The van der Waals surface area contributed by atoms with E-state index < -0.39 is 0 Å². The van der Waals surface area contributed by atoms with Crippen LogP contribution >= 0.6 is 0 Å². The number of para-hydroxylation sites is 1. The fourth-order valence-electron chi connectivity index (χ4n) is 3.62. The molecule has 0 bridgehead atoms. The monoisotopic (exact) mass is 405 g/mol. The molecule has 5 aromatic rings. The minimum atomic E-state index is 0.705. The van der Waals surface area contributed by atoms with E-state index in [1.807, 2.05) is 65.3 Å². The van der Waals surface area contributed by atoms with E-state index >= 15 is 0 Å². The van der Waals surface area contributed by atoms with Crippen LogP contribution in [0.3, 0.4) is 0 Å². The molecular weight excluding hydrogens is 382 g/mol. The van der Waals surface area contributed by atoms with Crippen LogP contribution in [0.1, 0.15) is 18.2 Å². The molecule has 0 saturated heterocycles. The smallest absolute Gasteiger partial charge is 0.183 e. The molecule has 152 valence electrons. The van der Waals surface area contributed by atoms with Crippen molar-refractivity contribution in [2.24, 2.45) is 0 Å². The number of benzene rings is 3. The Labute approximate surface area is 181 Å². The number of fused-ring (bicyclic) bond motifs is 1. The van der Waals surface area contributed by atoms with Gasteiger partial charge in [-0.2, -0.15) is 0 Å². The second-order valence-electron chi connectivity index (χ2n) is 7.50. The standard InChI is InChI=1S/C26H23N5/c1-3-22-23-26(29-24(27-22)19-10-6-4-7-11-19)31(30-21-12-8-5-9-13-21)25(28-23)20-16-14-18(2)15-17-20/h4-17,30H,3H2,1-2H3. The van der Waals surface area contributed by atoms with Crippen LogP contribution in [0.4, 0.5) is 5.69 Å². The number of aromatic nitrogens is 4. The molecule has 0 fully saturated rings. The highest BCUT2D eigenvalue weighted by Crippen LogP contribution is 2.28. The normalized spacial score (nSPS) is 11.0. The van der Waals surface area contributed by atoms with Crippen LogP contribution in [-0.2, 0) is 6.42 Å². The van der Waals surface area contributed by atoms with Gasteiger partial charge in [0.15, 0.2) is 17.3 Å². The maximum absolute atomic E-state index is 4.99. The molecule has 1 N–H and O–H groups in total. The van der Waals surface area contributed by atoms with E-state index in [2.05, 4.69) is 43.5 Å². The lowest BCUT2D eigenvalue weighted by atomic mass is 10.1. The molecule has 0 amide bonds. The summed E-state index contributed by atoms with van der Waals surface area (Å²) in [6, 6.07) is 28.6. The summed E-state index contributed by atoms with van der Waals surface area (Å²) in [6.07, 6.45) is 0.772. The first kappa shape index (κ1) is 19.0. The number of hydrogen-bond acceptors (Lipinski definition) is 4. The number of nitrogens with one attached hydrogen (secondary N) is 1. The fourth-order valence-corrected chi connectivity index (χ4v) is 3.62. The quantitative estimate of drug-likeness (QED) is 0.395. The summed E-state index contributed by atoms with van der Waals surface area (Å²) >= 11 is 0. The van der Waals surface area contributed by atoms with Gasteiger partial charge in [-0.05, 0) is 25.5 Å². The Hall–Kier alpha value is -3.99. The van der Waals surface area contributed by atoms with Crippen LogP contribution in [-0.4, -0.2) is 19.6 Å². The van der Waals surface area contributed by atoms with Crippen LogP contribution in [0.15, 0.2) is 84.9 Å². The molecule has 3 aromatic carbocycles. The summed E-state index contributed by atoms with van der Waals surface area (Å²) in [7, 11) is 0. The number of anilines is 1. The predicted octanol–water partition coefficient (Wildman–Crippen LogP) is 5.91. The van der Waals surface area contributed by atoms with Crippen LogP contribution in [0.2, 0.25) is 0 Å². The third-order valence-electron chi connectivity index (χ3n) is 5.27. The van der Waals surface area contributed by atoms with E-state index in [1.54, 1.807) is 0 Å². The van der Waals surface area contributed by atoms with Gasteiger partial charge in [-0.1, -0.05) is 85.3 Å². The van der Waals surface area contributed by atoms with E-state index in [1.165, 1.54) is 5.56 Å². The van der Waals surface area contributed by atoms with E-state index in [0.29, 0.717) is 5.82 Å². The molecule has 2 aromatic heterocycles. The second-order valence-corrected chi connectivity index (χ2v) is 7.50. The van der Waals surface area contributed by atoms with Gasteiger partial charge in [0.05, 0.1) is 11.4 Å². The predicted molar refractivity (Wildman–Crippen MR) is 126 cm³/mol. The Morgan fingerprint density at radius 3 is 2.10 bits per heavy atom. The molecule has 0 unspecified atom stereocenters. The Morgan fingerprint density at radius 2 is 1.42 bits per heavy atom. The molecule has 0 atom stereocenters. The highest BCUT2D eigenvalue weighted by atomic mass is 15.5. The third kappa shape index (κ3) is 3.66. The zero-order valence-electron chi connectivity index (χ0n) is 17.6. The summed E-state index contributed by atoms with van der Waals surface area (Å²) in [5.41, 5.74) is 10.2. The van der Waals surface area contributed by atoms with Gasteiger partial charge >= 0.3 is 0 Å². The topological polar surface area (TPSA) is 55.6 Å². The van der Waals surface area contributed by atoms with Crippen molar-refractivity contribution in [2.75, 3.05) is 5.43 Å². The summed E-state index contributed by atoms with van der Waals surface area (Å²) in [5, 5.41) is 0. The minimum Gasteiger partial charge on any atom is -0.291 e. The Bertz CT molecular complexity index is 1320. The Kier molecular flexibility index (Phi) is 4.92. The lowest BCUT2D eigenvalue weighted by Crippen LogP contribution is -2.12. The fraction of sp³-hybridized carbons (Fsp3) is 0.115. The van der Waals surface area contributed by atoms with Crippen molar-refractivity contribution in [1.29, 1.82) is 0 Å². The maximum atomic E-state index is 4.99. The molecule has 5 heteroatoms. The first-order chi connectivity index (χ1) is 15.2. The van der Waals surface area contributed by atoms with E-state index in [4.69, 9.17) is 15.0 Å². The largest absolute Gasteiger partial charge is 0.291 e. The molecule has 0 aliphatic heterocycles. The molecule has 5 rings (SSSR count). The van der Waals surface area contributed by atoms with Gasteiger partial charge in [0.1, 0.15) is 5.52 Å². The van der Waals surface area contributed by atoms with Gasteiger partial charge in [-0.3, -0.25) is 5.43 Å². The van der Waals surface area contributed by atoms with Crippen molar-refractivity contribution < 1.29 is 0 Å². The minimum absolute atomic E-state index is 0.705. The average Bonchev–Trinajstić information content (AvgIpc) is 3.18. The van der Waals surface area contributed by atoms with Gasteiger partial charge in [0.25, 0.3) is 0 Å². The molecule has 0 saturated carbocycles. The van der Waals surface area contributed by atoms with Gasteiger partial charge in [0.2, 0.25) is 0 Å². The van der Waals surface area contributed by atoms with Gasteiger partial charge in [-0.25, -0.2) is 19.6 Å². The highest BCUT2D eigenvalue weighted by molar-refractivity contribution is 5.82. The zero-order valence-corrected chi connectivity index (χ0v) is 17.6. The van der Waals surface area contributed by atoms with Crippen LogP contribution in [0, 0.1) is 6.92 Å². The number of nitrogens with zero attached hydrogens (tertiary/aromatic N) is 4. The Morgan fingerprint density at radius 1 is 0.742 bits per heavy atom. The van der Waals surface area contributed by atoms with E-state index in [-0.39, 0.29) is 0 Å². The van der Waals surface area contributed by atoms with Crippen LogP contribution < -0.4 is 5.43 Å². The SMILES string of the molecule is CCc1nc(-c2ccccc2)nc2c1nc(-c1ccc(C)cc1)n2Nc1ccccc1. The average molecular weight is 406 g/mol. The van der Waals surface area contributed by atoms with E-state index in [0.717, 1.165) is 45.9 Å². The second kappa shape index (κ2) is 8.03. The molecule has 31 heavy (non-hydrogen) atoms. The van der Waals surface area contributed by atoms with Crippen molar-refractivity contribution in [3.63, 3.8) is 0 Å². The maximum Gasteiger partial charge on any atom is 0.183 e. The molecule has 0 radical (unpaired) electrons. The highest BCUT2D eigenvalue weighted by Gasteiger charge is 2.19. The lowest BCUT2D eigenvalue weighted by molar-refractivity contribution is 0.971.